The lowest BCUT2D eigenvalue weighted by atomic mass is 9.75. The Labute approximate surface area is 301 Å². The summed E-state index contributed by atoms with van der Waals surface area (Å²) in [6.07, 6.45) is 22.8. The van der Waals surface area contributed by atoms with Crippen LogP contribution < -0.4 is 5.56 Å². The van der Waals surface area contributed by atoms with E-state index in [-0.39, 0.29) is 40.0 Å². The van der Waals surface area contributed by atoms with E-state index in [0.717, 1.165) is 38.5 Å². The quantitative estimate of drug-likeness (QED) is 0.0750. The number of aromatic nitrogens is 1. The molecule has 8 nitrogen and oxygen atoms in total. The Hall–Kier alpha value is -3.47. The molecule has 1 aromatic carbocycles. The first-order valence-corrected chi connectivity index (χ1v) is 19.8. The smallest absolute Gasteiger partial charge is 0.340 e. The van der Waals surface area contributed by atoms with Gasteiger partial charge in [-0.25, -0.2) is 4.79 Å². The molecule has 8 heteroatoms. The number of nitrogens with zero attached hydrogens (tertiary/aromatic N) is 4. The third kappa shape index (κ3) is 12.7. The van der Waals surface area contributed by atoms with Gasteiger partial charge in [0.05, 0.1) is 5.56 Å². The number of unbranched alkanes of at least 4 members (excludes halogenated alkanes) is 15. The Balaban J connectivity index is 1.54. The molecule has 2 aromatic rings. The molecule has 3 unspecified atom stereocenters. The van der Waals surface area contributed by atoms with E-state index in [4.69, 9.17) is 4.74 Å². The van der Waals surface area contributed by atoms with Crippen LogP contribution in [0.2, 0.25) is 0 Å². The molecule has 0 bridgehead atoms. The van der Waals surface area contributed by atoms with Gasteiger partial charge >= 0.3 is 5.97 Å². The molecule has 50 heavy (non-hydrogen) atoms. The van der Waals surface area contributed by atoms with Crippen LogP contribution >= 0.6 is 0 Å². The van der Waals surface area contributed by atoms with Crippen LogP contribution in [-0.4, -0.2) is 21.7 Å². The van der Waals surface area contributed by atoms with Crippen LogP contribution in [-0.2, 0) is 11.3 Å². The molecule has 276 valence electrons. The van der Waals surface area contributed by atoms with E-state index in [1.54, 1.807) is 31.2 Å². The number of aromatic hydroxyl groups is 1. The molecule has 1 aromatic heterocycles. The fourth-order valence-corrected chi connectivity index (χ4v) is 7.37. The minimum atomic E-state index is -0.500. The Morgan fingerprint density at radius 3 is 2.04 bits per heavy atom. The van der Waals surface area contributed by atoms with E-state index in [1.165, 1.54) is 81.6 Å². The zero-order valence-corrected chi connectivity index (χ0v) is 31.7. The Morgan fingerprint density at radius 2 is 1.48 bits per heavy atom. The minimum absolute atomic E-state index is 0.00823. The molecule has 1 saturated carbocycles. The normalized spacial score (nSPS) is 17.7. The number of hydrogen-bond acceptors (Lipinski definition) is 7. The van der Waals surface area contributed by atoms with Crippen molar-refractivity contribution in [3.8, 4) is 11.9 Å². The molecule has 0 spiro atoms. The number of nitriles is 1. The zero-order valence-electron chi connectivity index (χ0n) is 31.7. The summed E-state index contributed by atoms with van der Waals surface area (Å²) in [4.78, 5) is 27.0. The van der Waals surface area contributed by atoms with E-state index in [1.807, 2.05) is 6.07 Å². The van der Waals surface area contributed by atoms with Crippen LogP contribution in [0.25, 0.3) is 0 Å². The lowest BCUT2D eigenvalue weighted by Gasteiger charge is -2.36. The SMILES string of the molecule is CCCCCCCCCCCCCCCCCCn1c(O)c(C#N)c(C)c(N=Nc2ccccc2C(=O)OC2CC(C)CCC2C(C)C)c1=O. The van der Waals surface area contributed by atoms with E-state index in [2.05, 4.69) is 37.9 Å². The van der Waals surface area contributed by atoms with Gasteiger partial charge in [-0.3, -0.25) is 9.36 Å². The summed E-state index contributed by atoms with van der Waals surface area (Å²) in [6, 6.07) is 8.87. The molecule has 1 N–H and O–H groups in total. The summed E-state index contributed by atoms with van der Waals surface area (Å²) in [5, 5.41) is 29.3. The summed E-state index contributed by atoms with van der Waals surface area (Å²) in [5.41, 5.74) is 0.325. The minimum Gasteiger partial charge on any atom is -0.493 e. The average Bonchev–Trinajstić information content (AvgIpc) is 3.09. The number of benzene rings is 1. The van der Waals surface area contributed by atoms with Crippen molar-refractivity contribution in [3.63, 3.8) is 0 Å². The number of carbonyl (C=O) groups excluding carboxylic acids is 1. The van der Waals surface area contributed by atoms with Gasteiger partial charge < -0.3 is 9.84 Å². The first-order chi connectivity index (χ1) is 24.2. The maximum Gasteiger partial charge on any atom is 0.340 e. The van der Waals surface area contributed by atoms with Gasteiger partial charge in [-0.15, -0.1) is 10.2 Å². The van der Waals surface area contributed by atoms with Gasteiger partial charge in [0.2, 0.25) is 5.88 Å². The summed E-state index contributed by atoms with van der Waals surface area (Å²) < 4.78 is 7.31. The second kappa shape index (κ2) is 22.4. The molecule has 0 saturated heterocycles. The molecule has 3 rings (SSSR count). The maximum absolute atomic E-state index is 13.6. The molecule has 1 aliphatic carbocycles. The van der Waals surface area contributed by atoms with Gasteiger partial charge in [-0.05, 0) is 56.1 Å². The zero-order chi connectivity index (χ0) is 36.3. The van der Waals surface area contributed by atoms with E-state index in [0.29, 0.717) is 30.7 Å². The predicted molar refractivity (Wildman–Crippen MR) is 203 cm³/mol. The fraction of sp³-hybridized carbons (Fsp3) is 0.690. The second-order valence-electron chi connectivity index (χ2n) is 15.0. The molecule has 1 aliphatic rings. The van der Waals surface area contributed by atoms with Crippen molar-refractivity contribution in [3.05, 3.63) is 51.3 Å². The molecular formula is C42H64N4O4. The Bertz CT molecular complexity index is 1460. The highest BCUT2D eigenvalue weighted by molar-refractivity contribution is 5.94. The van der Waals surface area contributed by atoms with Crippen molar-refractivity contribution < 1.29 is 14.6 Å². The van der Waals surface area contributed by atoms with Crippen molar-refractivity contribution in [1.82, 2.24) is 4.57 Å². The van der Waals surface area contributed by atoms with Gasteiger partial charge in [-0.1, -0.05) is 143 Å². The monoisotopic (exact) mass is 688 g/mol. The second-order valence-corrected chi connectivity index (χ2v) is 15.0. The third-order valence-electron chi connectivity index (χ3n) is 10.6. The molecular weight excluding hydrogens is 624 g/mol. The van der Waals surface area contributed by atoms with E-state index < -0.39 is 11.5 Å². The van der Waals surface area contributed by atoms with Crippen molar-refractivity contribution in [1.29, 1.82) is 5.26 Å². The van der Waals surface area contributed by atoms with E-state index in [9.17, 15) is 20.0 Å². The van der Waals surface area contributed by atoms with Crippen molar-refractivity contribution in [2.24, 2.45) is 28.0 Å². The number of carbonyl (C=O) groups is 1. The number of hydrogen-bond donors (Lipinski definition) is 1. The Morgan fingerprint density at radius 1 is 0.920 bits per heavy atom. The highest BCUT2D eigenvalue weighted by atomic mass is 16.5. The molecule has 1 fully saturated rings. The van der Waals surface area contributed by atoms with E-state index >= 15 is 0 Å². The number of rotatable bonds is 22. The number of ether oxygens (including phenoxy) is 1. The predicted octanol–water partition coefficient (Wildman–Crippen LogP) is 12.0. The van der Waals surface area contributed by atoms with Crippen molar-refractivity contribution in [2.75, 3.05) is 0 Å². The third-order valence-corrected chi connectivity index (χ3v) is 10.6. The van der Waals surface area contributed by atoms with Crippen LogP contribution in [0.15, 0.2) is 39.3 Å². The van der Waals surface area contributed by atoms with Crippen molar-refractivity contribution in [2.45, 2.75) is 169 Å². The first kappa shape index (κ1) is 41.0. The highest BCUT2D eigenvalue weighted by Crippen LogP contribution is 2.36. The lowest BCUT2D eigenvalue weighted by molar-refractivity contribution is -0.0173. The maximum atomic E-state index is 13.6. The summed E-state index contributed by atoms with van der Waals surface area (Å²) >= 11 is 0. The van der Waals surface area contributed by atoms with Crippen LogP contribution in [0.3, 0.4) is 0 Å². The largest absolute Gasteiger partial charge is 0.493 e. The van der Waals surface area contributed by atoms with Crippen LogP contribution in [0, 0.1) is 36.0 Å². The molecule has 0 amide bonds. The molecule has 0 aliphatic heterocycles. The molecule has 0 radical (unpaired) electrons. The first-order valence-electron chi connectivity index (χ1n) is 19.8. The Kier molecular flexibility index (Phi) is 18.3. The lowest BCUT2D eigenvalue weighted by Crippen LogP contribution is -2.35. The highest BCUT2D eigenvalue weighted by Gasteiger charge is 2.34. The topological polar surface area (TPSA) is 117 Å². The van der Waals surface area contributed by atoms with Gasteiger partial charge in [-0.2, -0.15) is 5.26 Å². The number of azo groups is 1. The van der Waals surface area contributed by atoms with Crippen LogP contribution in [0.5, 0.6) is 5.88 Å². The van der Waals surface area contributed by atoms with Gasteiger partial charge in [0, 0.05) is 12.1 Å². The summed E-state index contributed by atoms with van der Waals surface area (Å²) in [6.45, 7) is 10.7. The standard InChI is InChI=1S/C42H64N4O4/c1-6-7-8-9-10-11-12-13-14-15-16-17-18-19-20-23-28-46-40(47)36(30-43)33(5)39(41(46)48)45-44-37-25-22-21-24-35(37)42(49)50-38-29-32(4)26-27-34(38)31(2)3/h21-22,24-25,31-32,34,38,47H,6-20,23,26-29H2,1-5H3. The number of pyridine rings is 1. The molecule has 1 heterocycles. The van der Waals surface area contributed by atoms with Gasteiger partial charge in [0.15, 0.2) is 5.69 Å². The number of esters is 1. The van der Waals surface area contributed by atoms with Crippen LogP contribution in [0.4, 0.5) is 11.4 Å². The molecule has 3 atom stereocenters. The van der Waals surface area contributed by atoms with Crippen LogP contribution in [0.1, 0.15) is 171 Å². The van der Waals surface area contributed by atoms with Crippen molar-refractivity contribution >= 4 is 17.3 Å². The fourth-order valence-electron chi connectivity index (χ4n) is 7.37. The average molecular weight is 689 g/mol. The summed E-state index contributed by atoms with van der Waals surface area (Å²) in [7, 11) is 0. The summed E-state index contributed by atoms with van der Waals surface area (Å²) in [5.74, 6) is 0.417. The van der Waals surface area contributed by atoms with Gasteiger partial charge in [0.25, 0.3) is 5.56 Å². The van der Waals surface area contributed by atoms with Gasteiger partial charge in [0.1, 0.15) is 23.4 Å².